The minimum Gasteiger partial charge on any atom is -0.461 e. The molecule has 6 nitrogen and oxygen atoms in total. The van der Waals surface area contributed by atoms with Gasteiger partial charge in [0.05, 0.1) is 10.9 Å². The van der Waals surface area contributed by atoms with Gasteiger partial charge in [-0.1, -0.05) is 43.3 Å². The Bertz CT molecular complexity index is 1610. The predicted molar refractivity (Wildman–Crippen MR) is 161 cm³/mol. The summed E-state index contributed by atoms with van der Waals surface area (Å²) in [7, 11) is 0. The summed E-state index contributed by atoms with van der Waals surface area (Å²) in [6.07, 6.45) is 11.2. The Morgan fingerprint density at radius 3 is 2.51 bits per heavy atom. The van der Waals surface area contributed by atoms with Crippen LogP contribution in [0, 0.1) is 17.7 Å². The van der Waals surface area contributed by atoms with E-state index in [2.05, 4.69) is 41.0 Å². The summed E-state index contributed by atoms with van der Waals surface area (Å²) in [5, 5.41) is 2.83. The lowest BCUT2D eigenvalue weighted by Gasteiger charge is -2.34. The standard InChI is InChI=1S/C34H38FN5O/c1-2-24-7-3-8-25-9-4-10-26(28(24)25)30-29(35)31-27(18-36-30)32(39-19-22-11-12-23(17-22)20-39)38-33(37-31)41-21-34-13-5-15-40(34)16-6-14-34/h3-4,7-10,18,22-23H,2,5-6,11-17,19-21H2,1H3. The Morgan fingerprint density at radius 1 is 1.00 bits per heavy atom. The normalized spacial score (nSPS) is 23.5. The molecule has 0 spiro atoms. The molecule has 212 valence electrons. The monoisotopic (exact) mass is 551 g/mol. The molecule has 3 aliphatic heterocycles. The Morgan fingerprint density at radius 2 is 1.76 bits per heavy atom. The maximum absolute atomic E-state index is 16.7. The molecule has 0 N–H and O–H groups in total. The van der Waals surface area contributed by atoms with Crippen molar-refractivity contribution < 1.29 is 9.13 Å². The van der Waals surface area contributed by atoms with E-state index < -0.39 is 5.82 Å². The Labute approximate surface area is 240 Å². The highest BCUT2D eigenvalue weighted by molar-refractivity contribution is 6.00. The molecule has 0 radical (unpaired) electrons. The lowest BCUT2D eigenvalue weighted by atomic mass is 9.95. The number of pyridine rings is 1. The van der Waals surface area contributed by atoms with Crippen molar-refractivity contribution >= 4 is 27.5 Å². The van der Waals surface area contributed by atoms with E-state index in [-0.39, 0.29) is 5.54 Å². The highest BCUT2D eigenvalue weighted by Crippen LogP contribution is 2.42. The van der Waals surface area contributed by atoms with Crippen molar-refractivity contribution in [2.24, 2.45) is 11.8 Å². The van der Waals surface area contributed by atoms with Crippen molar-refractivity contribution in [3.05, 3.63) is 54.0 Å². The second-order valence-corrected chi connectivity index (χ2v) is 12.8. The van der Waals surface area contributed by atoms with Crippen LogP contribution in [0.4, 0.5) is 10.2 Å². The molecule has 2 atom stereocenters. The molecule has 7 heteroatoms. The first-order valence-electron chi connectivity index (χ1n) is 15.6. The number of ether oxygens (including phenoxy) is 1. The summed E-state index contributed by atoms with van der Waals surface area (Å²) in [6, 6.07) is 12.6. The number of rotatable bonds is 6. The van der Waals surface area contributed by atoms with E-state index in [1.807, 2.05) is 12.1 Å². The van der Waals surface area contributed by atoms with Gasteiger partial charge in [0, 0.05) is 24.8 Å². The van der Waals surface area contributed by atoms with Crippen LogP contribution in [0.25, 0.3) is 32.9 Å². The summed E-state index contributed by atoms with van der Waals surface area (Å²) in [6.45, 7) is 6.88. The number of benzene rings is 2. The molecule has 2 bridgehead atoms. The van der Waals surface area contributed by atoms with Gasteiger partial charge < -0.3 is 9.64 Å². The molecular formula is C34H38FN5O. The zero-order valence-corrected chi connectivity index (χ0v) is 23.9. The second kappa shape index (κ2) is 9.90. The first-order valence-corrected chi connectivity index (χ1v) is 15.6. The highest BCUT2D eigenvalue weighted by atomic mass is 19.1. The van der Waals surface area contributed by atoms with Gasteiger partial charge in [0.2, 0.25) is 0 Å². The maximum Gasteiger partial charge on any atom is 0.319 e. The van der Waals surface area contributed by atoms with Crippen molar-refractivity contribution in [3.8, 4) is 17.3 Å². The third kappa shape index (κ3) is 4.18. The number of hydrogen-bond donors (Lipinski definition) is 0. The van der Waals surface area contributed by atoms with E-state index >= 15 is 4.39 Å². The van der Waals surface area contributed by atoms with Gasteiger partial charge in [-0.2, -0.15) is 9.97 Å². The molecule has 41 heavy (non-hydrogen) atoms. The summed E-state index contributed by atoms with van der Waals surface area (Å²) in [5.74, 6) is 1.73. The first kappa shape index (κ1) is 25.4. The molecule has 4 aliphatic rings. The van der Waals surface area contributed by atoms with E-state index in [1.165, 1.54) is 37.7 Å². The smallest absolute Gasteiger partial charge is 0.319 e. The van der Waals surface area contributed by atoms with Crippen LogP contribution >= 0.6 is 0 Å². The SMILES string of the molecule is CCc1cccc2cccc(-c3ncc4c(N5CC6CCC(C6)C5)nc(OCC56CCCN5CCC6)nc4c3F)c12. The minimum atomic E-state index is -0.393. The second-order valence-electron chi connectivity index (χ2n) is 12.8. The van der Waals surface area contributed by atoms with Crippen LogP contribution < -0.4 is 9.64 Å². The molecule has 2 aromatic carbocycles. The molecular weight excluding hydrogens is 513 g/mol. The average Bonchev–Trinajstić information content (AvgIpc) is 3.69. The summed E-state index contributed by atoms with van der Waals surface area (Å²) in [5.41, 5.74) is 2.72. The fraction of sp³-hybridized carbons (Fsp3) is 0.500. The van der Waals surface area contributed by atoms with Crippen molar-refractivity contribution in [1.82, 2.24) is 19.9 Å². The molecule has 2 aromatic heterocycles. The van der Waals surface area contributed by atoms with Crippen LogP contribution in [-0.2, 0) is 6.42 Å². The van der Waals surface area contributed by atoms with Gasteiger partial charge in [0.1, 0.15) is 23.6 Å². The molecule has 0 amide bonds. The van der Waals surface area contributed by atoms with Crippen molar-refractivity contribution in [3.63, 3.8) is 0 Å². The maximum atomic E-state index is 16.7. The van der Waals surface area contributed by atoms with Crippen LogP contribution in [0.1, 0.15) is 57.4 Å². The van der Waals surface area contributed by atoms with E-state index in [1.54, 1.807) is 6.20 Å². The lowest BCUT2D eigenvalue weighted by molar-refractivity contribution is 0.108. The fourth-order valence-electron chi connectivity index (χ4n) is 8.47. The zero-order valence-electron chi connectivity index (χ0n) is 23.9. The molecule has 1 aliphatic carbocycles. The van der Waals surface area contributed by atoms with E-state index in [0.29, 0.717) is 41.1 Å². The third-order valence-electron chi connectivity index (χ3n) is 10.5. The summed E-state index contributed by atoms with van der Waals surface area (Å²) >= 11 is 0. The van der Waals surface area contributed by atoms with Crippen LogP contribution in [0.15, 0.2) is 42.6 Å². The number of nitrogens with zero attached hydrogens (tertiary/aromatic N) is 5. The van der Waals surface area contributed by atoms with Crippen LogP contribution in [0.5, 0.6) is 6.01 Å². The van der Waals surface area contributed by atoms with Gasteiger partial charge in [-0.15, -0.1) is 0 Å². The number of fused-ring (bicyclic) bond motifs is 5. The zero-order chi connectivity index (χ0) is 27.6. The molecule has 4 aromatic rings. The van der Waals surface area contributed by atoms with Gasteiger partial charge in [-0.3, -0.25) is 9.88 Å². The Hall–Kier alpha value is -3.32. The van der Waals surface area contributed by atoms with Crippen LogP contribution in [0.2, 0.25) is 0 Å². The quantitative estimate of drug-likeness (QED) is 0.263. The molecule has 3 saturated heterocycles. The molecule has 1 saturated carbocycles. The van der Waals surface area contributed by atoms with E-state index in [4.69, 9.17) is 19.7 Å². The van der Waals surface area contributed by atoms with Crippen molar-refractivity contribution in [2.75, 3.05) is 37.7 Å². The van der Waals surface area contributed by atoms with Crippen molar-refractivity contribution in [1.29, 1.82) is 0 Å². The van der Waals surface area contributed by atoms with Crippen molar-refractivity contribution in [2.45, 2.75) is 63.8 Å². The number of piperidine rings is 1. The summed E-state index contributed by atoms with van der Waals surface area (Å²) in [4.78, 5) is 19.4. The first-order chi connectivity index (χ1) is 20.1. The van der Waals surface area contributed by atoms with Crippen LogP contribution in [-0.4, -0.2) is 58.2 Å². The van der Waals surface area contributed by atoms with Gasteiger partial charge >= 0.3 is 6.01 Å². The highest BCUT2D eigenvalue weighted by Gasteiger charge is 2.45. The third-order valence-corrected chi connectivity index (χ3v) is 10.5. The number of aromatic nitrogens is 3. The van der Waals surface area contributed by atoms with Crippen LogP contribution in [0.3, 0.4) is 0 Å². The Balaban J connectivity index is 1.26. The number of aryl methyl sites for hydroxylation is 1. The molecule has 4 fully saturated rings. The van der Waals surface area contributed by atoms with Gasteiger partial charge in [-0.05, 0) is 92.6 Å². The van der Waals surface area contributed by atoms with Gasteiger partial charge in [0.15, 0.2) is 5.82 Å². The summed E-state index contributed by atoms with van der Waals surface area (Å²) < 4.78 is 23.2. The van der Waals surface area contributed by atoms with Gasteiger partial charge in [0.25, 0.3) is 0 Å². The lowest BCUT2D eigenvalue weighted by Crippen LogP contribution is -2.43. The molecule has 8 rings (SSSR count). The topological polar surface area (TPSA) is 54.4 Å². The molecule has 5 heterocycles. The average molecular weight is 552 g/mol. The fourth-order valence-corrected chi connectivity index (χ4v) is 8.47. The number of hydrogen-bond acceptors (Lipinski definition) is 6. The largest absolute Gasteiger partial charge is 0.461 e. The predicted octanol–water partition coefficient (Wildman–Crippen LogP) is 6.79. The number of anilines is 1. The van der Waals surface area contributed by atoms with E-state index in [0.717, 1.165) is 67.6 Å². The minimum absolute atomic E-state index is 0.0736. The van der Waals surface area contributed by atoms with Gasteiger partial charge in [-0.25, -0.2) is 4.39 Å². The van der Waals surface area contributed by atoms with E-state index in [9.17, 15) is 0 Å². The number of halogens is 1. The Kier molecular flexibility index (Phi) is 6.13. The molecule has 2 unspecified atom stereocenters.